The minimum Gasteiger partial charge on any atom is -0.490 e. The number of ether oxygens (including phenoxy) is 1. The number of anilines is 1. The number of fused-ring (bicyclic) bond motifs is 6. The predicted octanol–water partition coefficient (Wildman–Crippen LogP) is 6.71. The van der Waals surface area contributed by atoms with Gasteiger partial charge in [0.15, 0.2) is 0 Å². The fourth-order valence-electron chi connectivity index (χ4n) is 7.88. The van der Waals surface area contributed by atoms with Gasteiger partial charge in [-0.25, -0.2) is 0 Å². The van der Waals surface area contributed by atoms with E-state index in [1.807, 2.05) is 24.3 Å². The van der Waals surface area contributed by atoms with Gasteiger partial charge in [-0.15, -0.1) is 0 Å². The van der Waals surface area contributed by atoms with Crippen molar-refractivity contribution < 1.29 is 14.6 Å². The van der Waals surface area contributed by atoms with Crippen molar-refractivity contribution in [1.82, 2.24) is 4.72 Å². The number of benzene rings is 2. The van der Waals surface area contributed by atoms with Crippen LogP contribution in [0.3, 0.4) is 0 Å². The standard InChI is InChI=1S/C33H39ClN2O3S/c34-25-9-11-28-22(16-25)4-2-14-33(28)19-36-18-24-7-10-27(24)30(37)12-6-21-3-1-5-26(15-21)40-35-32(38)23-8-13-31(39-20-33)29(36)17-23/h6,8-9,11-13,16-17,21,24,26-27,30,37H,1-5,7,10,14-15,18-20H2,(H,35,38)/b12-6+/t21-,24+,26+,27-,30+,33+/m1/s1. The highest BCUT2D eigenvalue weighted by atomic mass is 35.5. The molecule has 2 fully saturated rings. The first-order valence-corrected chi connectivity index (χ1v) is 16.4. The molecule has 0 radical (unpaired) electrons. The zero-order valence-corrected chi connectivity index (χ0v) is 24.6. The maximum Gasteiger partial charge on any atom is 0.261 e. The van der Waals surface area contributed by atoms with Crippen LogP contribution in [0.1, 0.15) is 72.9 Å². The van der Waals surface area contributed by atoms with E-state index in [1.54, 1.807) is 11.9 Å². The van der Waals surface area contributed by atoms with Crippen LogP contribution in [0.4, 0.5) is 5.69 Å². The molecule has 4 bridgehead atoms. The molecule has 5 aliphatic rings. The highest BCUT2D eigenvalue weighted by Crippen LogP contribution is 2.47. The van der Waals surface area contributed by atoms with Crippen molar-refractivity contribution in [1.29, 1.82) is 0 Å². The number of carbonyl (C=O) groups is 1. The number of halogens is 1. The zero-order valence-electron chi connectivity index (χ0n) is 23.0. The average Bonchev–Trinajstić information content (AvgIpc) is 3.09. The third-order valence-corrected chi connectivity index (χ3v) is 11.5. The molecule has 3 aliphatic carbocycles. The van der Waals surface area contributed by atoms with Crippen molar-refractivity contribution in [3.05, 3.63) is 70.3 Å². The molecule has 1 spiro atoms. The number of allylic oxidation sites excluding steroid dienone is 1. The molecule has 0 saturated heterocycles. The highest BCUT2D eigenvalue weighted by molar-refractivity contribution is 7.98. The first-order chi connectivity index (χ1) is 19.5. The van der Waals surface area contributed by atoms with Crippen LogP contribution in [0.25, 0.3) is 0 Å². The van der Waals surface area contributed by atoms with Gasteiger partial charge in [-0.2, -0.15) is 0 Å². The summed E-state index contributed by atoms with van der Waals surface area (Å²) in [7, 11) is 0. The van der Waals surface area contributed by atoms with Crippen molar-refractivity contribution in [2.75, 3.05) is 24.6 Å². The highest BCUT2D eigenvalue weighted by Gasteiger charge is 2.44. The third kappa shape index (κ3) is 5.05. The Bertz CT molecular complexity index is 1320. The number of nitrogens with one attached hydrogen (secondary N) is 1. The predicted molar refractivity (Wildman–Crippen MR) is 162 cm³/mol. The van der Waals surface area contributed by atoms with Gasteiger partial charge in [0.05, 0.1) is 18.4 Å². The number of aryl methyl sites for hydroxylation is 1. The molecule has 2 aliphatic heterocycles. The molecule has 2 saturated carbocycles. The van der Waals surface area contributed by atoms with Crippen LogP contribution in [0, 0.1) is 17.8 Å². The summed E-state index contributed by atoms with van der Waals surface area (Å²) in [5, 5.41) is 12.4. The van der Waals surface area contributed by atoms with Crippen LogP contribution >= 0.6 is 23.5 Å². The number of rotatable bonds is 0. The summed E-state index contributed by atoms with van der Waals surface area (Å²) < 4.78 is 9.77. The molecule has 2 N–H and O–H groups in total. The molecule has 7 rings (SSSR count). The van der Waals surface area contributed by atoms with Gasteiger partial charge in [-0.05, 0) is 123 Å². The van der Waals surface area contributed by atoms with E-state index >= 15 is 0 Å². The van der Waals surface area contributed by atoms with Crippen LogP contribution in [-0.4, -0.2) is 42.1 Å². The Morgan fingerprint density at radius 1 is 1.07 bits per heavy atom. The smallest absolute Gasteiger partial charge is 0.261 e. The molecule has 2 aromatic carbocycles. The van der Waals surface area contributed by atoms with Crippen molar-refractivity contribution >= 4 is 35.1 Å². The van der Waals surface area contributed by atoms with E-state index in [9.17, 15) is 9.90 Å². The zero-order chi connectivity index (χ0) is 27.3. The topological polar surface area (TPSA) is 61.8 Å². The number of aliphatic hydroxyl groups is 1. The van der Waals surface area contributed by atoms with Crippen LogP contribution in [-0.2, 0) is 11.8 Å². The Morgan fingerprint density at radius 2 is 2.00 bits per heavy atom. The molecule has 0 aromatic heterocycles. The quantitative estimate of drug-likeness (QED) is 0.269. The number of hydrogen-bond donors (Lipinski definition) is 2. The second kappa shape index (κ2) is 10.9. The Morgan fingerprint density at radius 3 is 2.88 bits per heavy atom. The van der Waals surface area contributed by atoms with E-state index in [0.29, 0.717) is 29.3 Å². The second-order valence-corrected chi connectivity index (χ2v) is 14.3. The molecule has 212 valence electrons. The lowest BCUT2D eigenvalue weighted by Crippen LogP contribution is -2.49. The Hall–Kier alpha value is -2.15. The van der Waals surface area contributed by atoms with Gasteiger partial charge in [-0.1, -0.05) is 36.2 Å². The minimum absolute atomic E-state index is 0.0360. The van der Waals surface area contributed by atoms with Crippen molar-refractivity contribution in [2.45, 2.75) is 74.6 Å². The van der Waals surface area contributed by atoms with Gasteiger partial charge >= 0.3 is 0 Å². The van der Waals surface area contributed by atoms with Gasteiger partial charge < -0.3 is 14.7 Å². The molecule has 40 heavy (non-hydrogen) atoms. The fourth-order valence-corrected chi connectivity index (χ4v) is 9.10. The van der Waals surface area contributed by atoms with E-state index in [4.69, 9.17) is 16.3 Å². The summed E-state index contributed by atoms with van der Waals surface area (Å²) >= 11 is 7.98. The van der Waals surface area contributed by atoms with Gasteiger partial charge in [-0.3, -0.25) is 9.52 Å². The van der Waals surface area contributed by atoms with Crippen LogP contribution in [0.5, 0.6) is 5.75 Å². The van der Waals surface area contributed by atoms with Gasteiger partial charge in [0, 0.05) is 34.3 Å². The number of hydrogen-bond acceptors (Lipinski definition) is 5. The van der Waals surface area contributed by atoms with E-state index in [2.05, 4.69) is 33.9 Å². The molecule has 2 aromatic rings. The first-order valence-electron chi connectivity index (χ1n) is 15.1. The summed E-state index contributed by atoms with van der Waals surface area (Å²) in [5.41, 5.74) is 4.20. The van der Waals surface area contributed by atoms with Crippen molar-refractivity contribution in [3.63, 3.8) is 0 Å². The lowest BCUT2D eigenvalue weighted by molar-refractivity contribution is 0.0453. The van der Waals surface area contributed by atoms with Crippen LogP contribution < -0.4 is 14.4 Å². The normalized spacial score (nSPS) is 34.4. The molecule has 1 amide bonds. The van der Waals surface area contributed by atoms with Crippen molar-refractivity contribution in [3.8, 4) is 5.75 Å². The average molecular weight is 579 g/mol. The second-order valence-electron chi connectivity index (χ2n) is 12.8. The number of amides is 1. The van der Waals surface area contributed by atoms with Gasteiger partial charge in [0.1, 0.15) is 5.75 Å². The molecule has 6 atom stereocenters. The molecule has 2 heterocycles. The lowest BCUT2D eigenvalue weighted by atomic mass is 9.68. The first kappa shape index (κ1) is 26.7. The Kier molecular flexibility index (Phi) is 7.30. The van der Waals surface area contributed by atoms with Gasteiger partial charge in [0.2, 0.25) is 0 Å². The summed E-state index contributed by atoms with van der Waals surface area (Å²) in [6.07, 6.45) is 13.8. The van der Waals surface area contributed by atoms with E-state index in [-0.39, 0.29) is 17.2 Å². The minimum atomic E-state index is -0.403. The number of aliphatic hydroxyl groups excluding tert-OH is 1. The largest absolute Gasteiger partial charge is 0.490 e. The molecule has 0 unspecified atom stereocenters. The van der Waals surface area contributed by atoms with Crippen LogP contribution in [0.2, 0.25) is 5.02 Å². The number of carbonyl (C=O) groups excluding carboxylic acids is 1. The number of nitrogens with zero attached hydrogens (tertiary/aromatic N) is 1. The SMILES string of the molecule is O=C1NS[C@H]2CCC[C@H](/C=C/[C@H](O)[C@@H]3CC[C@H]3CN3C[C@@]4(CCCc5cc(Cl)ccc54)COc4ccc1cc43)C2. The van der Waals surface area contributed by atoms with E-state index in [0.717, 1.165) is 87.3 Å². The molecular formula is C33H39ClN2O3S. The van der Waals surface area contributed by atoms with Gasteiger partial charge in [0.25, 0.3) is 5.91 Å². The monoisotopic (exact) mass is 578 g/mol. The van der Waals surface area contributed by atoms with Crippen LogP contribution in [0.15, 0.2) is 48.6 Å². The maximum atomic E-state index is 13.4. The van der Waals surface area contributed by atoms with E-state index in [1.165, 1.54) is 11.1 Å². The fraction of sp³-hybridized carbons (Fsp3) is 0.545. The Balaban J connectivity index is 1.27. The lowest BCUT2D eigenvalue weighted by Gasteiger charge is -2.45. The van der Waals surface area contributed by atoms with E-state index < -0.39 is 6.10 Å². The Labute approximate surface area is 246 Å². The summed E-state index contributed by atoms with van der Waals surface area (Å²) in [6.45, 7) is 2.28. The maximum absolute atomic E-state index is 13.4. The summed E-state index contributed by atoms with van der Waals surface area (Å²) in [5.74, 6) is 1.94. The molecule has 7 heteroatoms. The molecular weight excluding hydrogens is 540 g/mol. The summed E-state index contributed by atoms with van der Waals surface area (Å²) in [6, 6.07) is 12.3. The summed E-state index contributed by atoms with van der Waals surface area (Å²) in [4.78, 5) is 15.8. The molecule has 5 nitrogen and oxygen atoms in total. The third-order valence-electron chi connectivity index (χ3n) is 10.2. The van der Waals surface area contributed by atoms with Crippen molar-refractivity contribution in [2.24, 2.45) is 17.8 Å².